The number of thioether (sulfide) groups is 1. The monoisotopic (exact) mass is 493 g/mol. The lowest BCUT2D eigenvalue weighted by Crippen LogP contribution is -2.14. The van der Waals surface area contributed by atoms with Crippen LogP contribution >= 0.6 is 35.0 Å². The van der Waals surface area contributed by atoms with E-state index in [1.54, 1.807) is 24.3 Å². The Morgan fingerprint density at radius 3 is 2.38 bits per heavy atom. The molecule has 166 valence electrons. The average molecular weight is 494 g/mol. The van der Waals surface area contributed by atoms with Gasteiger partial charge in [0.2, 0.25) is 0 Å². The largest absolute Gasteiger partial charge is 0.480 e. The number of benzene rings is 3. The van der Waals surface area contributed by atoms with Crippen LogP contribution in [0.5, 0.6) is 11.5 Å². The smallest absolute Gasteiger partial charge is 0.316 e. The fourth-order valence-corrected chi connectivity index (χ4v) is 3.88. The molecule has 1 amide bonds. The predicted molar refractivity (Wildman–Crippen MR) is 125 cm³/mol. The number of carbonyl (C=O) groups excluding carboxylic acids is 1. The summed E-state index contributed by atoms with van der Waals surface area (Å²) >= 11 is 13.0. The maximum Gasteiger partial charge on any atom is 0.316 e. The summed E-state index contributed by atoms with van der Waals surface area (Å²) in [4.78, 5) is 24.3. The lowest BCUT2D eigenvalue weighted by Gasteiger charge is -2.11. The molecule has 0 saturated carbocycles. The first kappa shape index (κ1) is 23.9. The van der Waals surface area contributed by atoms with Crippen molar-refractivity contribution in [3.05, 3.63) is 82.1 Å². The summed E-state index contributed by atoms with van der Waals surface area (Å²) in [6, 6.07) is 15.2. The average Bonchev–Trinajstić information content (AvgIpc) is 2.76. The normalized spacial score (nSPS) is 11.6. The number of halogens is 3. The second-order valence-electron chi connectivity index (χ2n) is 6.65. The van der Waals surface area contributed by atoms with Crippen LogP contribution in [0, 0.1) is 5.82 Å². The number of amides is 1. The standard InChI is InChI=1S/C23H18Cl2FNO4S/c1-2-21(23(29)30)32-16-7-5-15(6-8-16)31-20-10-4-14(12-19(20)26)27-22(28)13-3-9-17(24)18(25)11-13/h3-12,21H,2H2,1H3,(H,27,28)(H,29,30). The minimum absolute atomic E-state index is 0.0186. The third-order valence-electron chi connectivity index (χ3n) is 4.35. The highest BCUT2D eigenvalue weighted by Crippen LogP contribution is 2.31. The highest BCUT2D eigenvalue weighted by atomic mass is 35.5. The third-order valence-corrected chi connectivity index (χ3v) is 6.45. The molecule has 0 fully saturated rings. The van der Waals surface area contributed by atoms with E-state index in [1.807, 2.05) is 6.92 Å². The summed E-state index contributed by atoms with van der Waals surface area (Å²) in [5, 5.41) is 11.8. The Labute approximate surface area is 198 Å². The van der Waals surface area contributed by atoms with Crippen molar-refractivity contribution < 1.29 is 23.8 Å². The maximum absolute atomic E-state index is 14.5. The Hall–Kier alpha value is -2.74. The van der Waals surface area contributed by atoms with Crippen molar-refractivity contribution in [3.8, 4) is 11.5 Å². The molecule has 0 aromatic heterocycles. The maximum atomic E-state index is 14.5. The molecule has 0 saturated heterocycles. The van der Waals surface area contributed by atoms with Gasteiger partial charge in [0, 0.05) is 22.2 Å². The number of carboxylic acids is 1. The lowest BCUT2D eigenvalue weighted by atomic mass is 10.2. The molecule has 0 spiro atoms. The van der Waals surface area contributed by atoms with Crippen LogP contribution in [-0.2, 0) is 4.79 Å². The Morgan fingerprint density at radius 2 is 1.78 bits per heavy atom. The zero-order valence-corrected chi connectivity index (χ0v) is 19.1. The molecule has 9 heteroatoms. The quantitative estimate of drug-likeness (QED) is 0.326. The summed E-state index contributed by atoms with van der Waals surface area (Å²) in [5.41, 5.74) is 0.531. The molecule has 0 bridgehead atoms. The lowest BCUT2D eigenvalue weighted by molar-refractivity contribution is -0.136. The number of rotatable bonds is 8. The van der Waals surface area contributed by atoms with Crippen molar-refractivity contribution in [1.29, 1.82) is 0 Å². The summed E-state index contributed by atoms with van der Waals surface area (Å²) < 4.78 is 20.1. The van der Waals surface area contributed by atoms with E-state index in [1.165, 1.54) is 42.1 Å². The molecule has 1 atom stereocenters. The second kappa shape index (κ2) is 10.7. The van der Waals surface area contributed by atoms with Gasteiger partial charge in [-0.25, -0.2) is 4.39 Å². The van der Waals surface area contributed by atoms with Gasteiger partial charge < -0.3 is 15.2 Å². The van der Waals surface area contributed by atoms with Crippen LogP contribution in [0.4, 0.5) is 10.1 Å². The summed E-state index contributed by atoms with van der Waals surface area (Å²) in [6.45, 7) is 1.81. The fourth-order valence-electron chi connectivity index (χ4n) is 2.69. The second-order valence-corrected chi connectivity index (χ2v) is 8.75. The van der Waals surface area contributed by atoms with Gasteiger partial charge in [-0.15, -0.1) is 11.8 Å². The van der Waals surface area contributed by atoms with Gasteiger partial charge in [-0.1, -0.05) is 30.1 Å². The van der Waals surface area contributed by atoms with Gasteiger partial charge in [0.05, 0.1) is 10.0 Å². The molecule has 3 aromatic rings. The Bertz CT molecular complexity index is 1140. The zero-order valence-electron chi connectivity index (χ0n) is 16.8. The first-order chi connectivity index (χ1) is 15.3. The predicted octanol–water partition coefficient (Wildman–Crippen LogP) is 7.13. The van der Waals surface area contributed by atoms with Crippen molar-refractivity contribution in [2.75, 3.05) is 5.32 Å². The molecular formula is C23H18Cl2FNO4S. The number of carbonyl (C=O) groups is 2. The van der Waals surface area contributed by atoms with Gasteiger partial charge in [-0.3, -0.25) is 9.59 Å². The minimum Gasteiger partial charge on any atom is -0.480 e. The highest BCUT2D eigenvalue weighted by Gasteiger charge is 2.16. The molecule has 0 heterocycles. The first-order valence-electron chi connectivity index (χ1n) is 9.50. The number of hydrogen-bond acceptors (Lipinski definition) is 4. The van der Waals surface area contributed by atoms with Gasteiger partial charge in [0.15, 0.2) is 11.6 Å². The Balaban J connectivity index is 1.65. The Kier molecular flexibility index (Phi) is 8.01. The number of carboxylic acid groups (broad SMARTS) is 1. The van der Waals surface area contributed by atoms with Crippen LogP contribution in [0.2, 0.25) is 10.0 Å². The molecule has 1 unspecified atom stereocenters. The van der Waals surface area contributed by atoms with Crippen molar-refractivity contribution >= 4 is 52.5 Å². The first-order valence-corrected chi connectivity index (χ1v) is 11.1. The SMILES string of the molecule is CCC(Sc1ccc(Oc2ccc(NC(=O)c3ccc(Cl)c(Cl)c3)cc2F)cc1)C(=O)O. The van der Waals surface area contributed by atoms with Crippen LogP contribution in [0.1, 0.15) is 23.7 Å². The molecule has 0 aliphatic rings. The van der Waals surface area contributed by atoms with E-state index in [2.05, 4.69) is 5.32 Å². The Morgan fingerprint density at radius 1 is 1.06 bits per heavy atom. The zero-order chi connectivity index (χ0) is 23.3. The van der Waals surface area contributed by atoms with Crippen molar-refractivity contribution in [3.63, 3.8) is 0 Å². The number of anilines is 1. The van der Waals surface area contributed by atoms with E-state index in [0.29, 0.717) is 17.2 Å². The third kappa shape index (κ3) is 6.16. The molecule has 2 N–H and O–H groups in total. The summed E-state index contributed by atoms with van der Waals surface area (Å²) in [5.74, 6) is -1.62. The van der Waals surface area contributed by atoms with E-state index in [-0.39, 0.29) is 22.0 Å². The van der Waals surface area contributed by atoms with Crippen molar-refractivity contribution in [2.45, 2.75) is 23.5 Å². The van der Waals surface area contributed by atoms with E-state index in [9.17, 15) is 14.0 Å². The number of ether oxygens (including phenoxy) is 1. The van der Waals surface area contributed by atoms with Gasteiger partial charge in [-0.05, 0) is 61.0 Å². The summed E-state index contributed by atoms with van der Waals surface area (Å²) in [7, 11) is 0. The van der Waals surface area contributed by atoms with E-state index in [0.717, 1.165) is 11.0 Å². The molecule has 32 heavy (non-hydrogen) atoms. The van der Waals surface area contributed by atoms with Gasteiger partial charge in [0.1, 0.15) is 11.0 Å². The van der Waals surface area contributed by atoms with Crippen molar-refractivity contribution in [1.82, 2.24) is 0 Å². The molecule has 3 aromatic carbocycles. The van der Waals surface area contributed by atoms with E-state index >= 15 is 0 Å². The number of nitrogens with one attached hydrogen (secondary N) is 1. The molecule has 3 rings (SSSR count). The van der Waals surface area contributed by atoms with Crippen LogP contribution < -0.4 is 10.1 Å². The van der Waals surface area contributed by atoms with Crippen LogP contribution in [-0.4, -0.2) is 22.2 Å². The van der Waals surface area contributed by atoms with Crippen molar-refractivity contribution in [2.24, 2.45) is 0 Å². The van der Waals surface area contributed by atoms with Gasteiger partial charge >= 0.3 is 5.97 Å². The topological polar surface area (TPSA) is 75.6 Å². The molecule has 0 aliphatic heterocycles. The number of hydrogen-bond donors (Lipinski definition) is 2. The van der Waals surface area contributed by atoms with Gasteiger partial charge in [-0.2, -0.15) is 0 Å². The van der Waals surface area contributed by atoms with Crippen LogP contribution in [0.15, 0.2) is 65.6 Å². The molecular weight excluding hydrogens is 476 g/mol. The van der Waals surface area contributed by atoms with Gasteiger partial charge in [0.25, 0.3) is 5.91 Å². The summed E-state index contributed by atoms with van der Waals surface area (Å²) in [6.07, 6.45) is 0.497. The van der Waals surface area contributed by atoms with E-state index in [4.69, 9.17) is 33.0 Å². The molecule has 0 aliphatic carbocycles. The molecule has 5 nitrogen and oxygen atoms in total. The number of aliphatic carboxylic acids is 1. The van der Waals surface area contributed by atoms with Crippen LogP contribution in [0.25, 0.3) is 0 Å². The minimum atomic E-state index is -0.869. The van der Waals surface area contributed by atoms with Crippen LogP contribution in [0.3, 0.4) is 0 Å². The fraction of sp³-hybridized carbons (Fsp3) is 0.130. The highest BCUT2D eigenvalue weighted by molar-refractivity contribution is 8.00. The molecule has 0 radical (unpaired) electrons. The van der Waals surface area contributed by atoms with E-state index < -0.39 is 22.9 Å².